The zero-order valence-electron chi connectivity index (χ0n) is 17.8. The van der Waals surface area contributed by atoms with Gasteiger partial charge in [0.2, 0.25) is 5.91 Å². The molecule has 31 heavy (non-hydrogen) atoms. The van der Waals surface area contributed by atoms with Crippen LogP contribution in [0.4, 0.5) is 0 Å². The lowest BCUT2D eigenvalue weighted by molar-refractivity contribution is -0.116. The van der Waals surface area contributed by atoms with E-state index < -0.39 is 0 Å². The molecule has 1 N–H and O–H groups in total. The summed E-state index contributed by atoms with van der Waals surface area (Å²) < 4.78 is 12.7. The molecular weight excluding hydrogens is 410 g/mol. The Balaban J connectivity index is 1.42. The molecule has 1 aliphatic carbocycles. The number of ether oxygens (including phenoxy) is 2. The molecule has 4 rings (SSSR count). The third-order valence-corrected chi connectivity index (χ3v) is 6.40. The third-order valence-electron chi connectivity index (χ3n) is 5.51. The highest BCUT2D eigenvalue weighted by molar-refractivity contribution is 7.13. The SMILES string of the molecule is COc1ccc(/C=C/C(=O)NCc2cc(-c3cccs3)n(C3CCCC3)n2)cc1OC. The van der Waals surface area contributed by atoms with E-state index in [4.69, 9.17) is 14.6 Å². The highest BCUT2D eigenvalue weighted by atomic mass is 32.1. The first-order chi connectivity index (χ1) is 15.2. The van der Waals surface area contributed by atoms with Gasteiger partial charge in [0.1, 0.15) is 0 Å². The molecule has 0 bridgehead atoms. The van der Waals surface area contributed by atoms with Crippen molar-refractivity contribution >= 4 is 23.3 Å². The van der Waals surface area contributed by atoms with Crippen molar-refractivity contribution < 1.29 is 14.3 Å². The molecule has 1 fully saturated rings. The fraction of sp³-hybridized carbons (Fsp3) is 0.333. The molecule has 1 saturated carbocycles. The molecule has 0 aliphatic heterocycles. The highest BCUT2D eigenvalue weighted by Gasteiger charge is 2.22. The number of hydrogen-bond donors (Lipinski definition) is 1. The Labute approximate surface area is 186 Å². The summed E-state index contributed by atoms with van der Waals surface area (Å²) in [4.78, 5) is 13.6. The molecule has 1 amide bonds. The van der Waals surface area contributed by atoms with Gasteiger partial charge in [-0.05, 0) is 54.1 Å². The number of amides is 1. The lowest BCUT2D eigenvalue weighted by Gasteiger charge is -2.13. The van der Waals surface area contributed by atoms with Gasteiger partial charge in [0.25, 0.3) is 0 Å². The summed E-state index contributed by atoms with van der Waals surface area (Å²) in [5.74, 6) is 1.12. The first-order valence-electron chi connectivity index (χ1n) is 10.5. The van der Waals surface area contributed by atoms with E-state index in [9.17, 15) is 4.79 Å². The fourth-order valence-corrected chi connectivity index (χ4v) is 4.67. The molecule has 3 aromatic rings. The standard InChI is InChI=1S/C24H27N3O3S/c1-29-21-11-9-17(14-22(21)30-2)10-12-24(28)25-16-18-15-20(23-8-5-13-31-23)27(26-18)19-6-3-4-7-19/h5,8-15,19H,3-4,6-7,16H2,1-2H3,(H,25,28)/b12-10+. The summed E-state index contributed by atoms with van der Waals surface area (Å²) in [5.41, 5.74) is 2.88. The number of benzene rings is 1. The summed E-state index contributed by atoms with van der Waals surface area (Å²) in [5, 5.41) is 9.86. The van der Waals surface area contributed by atoms with Gasteiger partial charge in [0.05, 0.1) is 43.1 Å². The van der Waals surface area contributed by atoms with Gasteiger partial charge in [-0.25, -0.2) is 0 Å². The van der Waals surface area contributed by atoms with Crippen LogP contribution in [0, 0.1) is 0 Å². The number of carbonyl (C=O) groups is 1. The molecule has 2 heterocycles. The van der Waals surface area contributed by atoms with Crippen molar-refractivity contribution in [3.8, 4) is 22.1 Å². The van der Waals surface area contributed by atoms with Crippen molar-refractivity contribution in [1.82, 2.24) is 15.1 Å². The molecule has 7 heteroatoms. The van der Waals surface area contributed by atoms with E-state index in [1.165, 1.54) is 36.6 Å². The van der Waals surface area contributed by atoms with E-state index in [1.54, 1.807) is 31.6 Å². The number of rotatable bonds is 8. The van der Waals surface area contributed by atoms with E-state index in [-0.39, 0.29) is 5.91 Å². The molecule has 0 spiro atoms. The highest BCUT2D eigenvalue weighted by Crippen LogP contribution is 2.35. The van der Waals surface area contributed by atoms with Gasteiger partial charge in [-0.2, -0.15) is 5.10 Å². The molecular formula is C24H27N3O3S. The number of carbonyl (C=O) groups excluding carboxylic acids is 1. The minimum Gasteiger partial charge on any atom is -0.493 e. The predicted octanol–water partition coefficient (Wildman–Crippen LogP) is 5.07. The molecule has 1 aromatic carbocycles. The summed E-state index contributed by atoms with van der Waals surface area (Å²) in [7, 11) is 3.19. The van der Waals surface area contributed by atoms with Crippen LogP contribution in [0.2, 0.25) is 0 Å². The summed E-state index contributed by atoms with van der Waals surface area (Å²) >= 11 is 1.72. The lowest BCUT2D eigenvalue weighted by Crippen LogP contribution is -2.20. The number of hydrogen-bond acceptors (Lipinski definition) is 5. The first-order valence-corrected chi connectivity index (χ1v) is 11.4. The molecule has 6 nitrogen and oxygen atoms in total. The fourth-order valence-electron chi connectivity index (χ4n) is 3.93. The molecule has 0 atom stereocenters. The van der Waals surface area contributed by atoms with Crippen LogP contribution in [0.15, 0.2) is 47.9 Å². The van der Waals surface area contributed by atoms with Gasteiger partial charge in [-0.15, -0.1) is 11.3 Å². The second kappa shape index (κ2) is 9.83. The Morgan fingerprint density at radius 3 is 2.71 bits per heavy atom. The molecule has 0 unspecified atom stereocenters. The molecule has 162 valence electrons. The second-order valence-corrected chi connectivity index (χ2v) is 8.49. The Morgan fingerprint density at radius 2 is 2.00 bits per heavy atom. The third kappa shape index (κ3) is 4.99. The number of methoxy groups -OCH3 is 2. The summed E-state index contributed by atoms with van der Waals surface area (Å²) in [6.45, 7) is 0.396. The number of nitrogens with one attached hydrogen (secondary N) is 1. The molecule has 1 aliphatic rings. The zero-order chi connectivity index (χ0) is 21.6. The quantitative estimate of drug-likeness (QED) is 0.500. The minimum atomic E-state index is -0.164. The number of thiophene rings is 1. The van der Waals surface area contributed by atoms with Crippen molar-refractivity contribution in [2.45, 2.75) is 38.3 Å². The Bertz CT molecular complexity index is 1050. The van der Waals surface area contributed by atoms with Crippen molar-refractivity contribution in [2.24, 2.45) is 0 Å². The topological polar surface area (TPSA) is 65.4 Å². The second-order valence-electron chi connectivity index (χ2n) is 7.55. The van der Waals surface area contributed by atoms with Gasteiger partial charge in [0, 0.05) is 6.08 Å². The largest absolute Gasteiger partial charge is 0.493 e. The van der Waals surface area contributed by atoms with E-state index in [2.05, 4.69) is 33.6 Å². The van der Waals surface area contributed by atoms with Gasteiger partial charge in [-0.1, -0.05) is 25.0 Å². The minimum absolute atomic E-state index is 0.164. The van der Waals surface area contributed by atoms with Crippen LogP contribution in [0.3, 0.4) is 0 Å². The monoisotopic (exact) mass is 437 g/mol. The number of aromatic nitrogens is 2. The maximum Gasteiger partial charge on any atom is 0.244 e. The van der Waals surface area contributed by atoms with Gasteiger partial charge in [0.15, 0.2) is 11.5 Å². The smallest absolute Gasteiger partial charge is 0.244 e. The average Bonchev–Trinajstić information content (AvgIpc) is 3.56. The molecule has 2 aromatic heterocycles. The van der Waals surface area contributed by atoms with Crippen LogP contribution in [-0.2, 0) is 11.3 Å². The van der Waals surface area contributed by atoms with Gasteiger partial charge in [-0.3, -0.25) is 9.48 Å². The maximum atomic E-state index is 12.4. The van der Waals surface area contributed by atoms with E-state index in [0.29, 0.717) is 24.1 Å². The Kier molecular flexibility index (Phi) is 6.72. The first kappa shape index (κ1) is 21.2. The predicted molar refractivity (Wildman–Crippen MR) is 123 cm³/mol. The summed E-state index contributed by atoms with van der Waals surface area (Å²) in [6, 6.07) is 12.3. The summed E-state index contributed by atoms with van der Waals surface area (Å²) in [6.07, 6.45) is 8.11. The molecule has 0 radical (unpaired) electrons. The van der Waals surface area contributed by atoms with E-state index in [1.807, 2.05) is 18.2 Å². The van der Waals surface area contributed by atoms with Crippen LogP contribution < -0.4 is 14.8 Å². The van der Waals surface area contributed by atoms with Crippen molar-refractivity contribution in [3.63, 3.8) is 0 Å². The van der Waals surface area contributed by atoms with Crippen LogP contribution in [0.1, 0.15) is 43.0 Å². The van der Waals surface area contributed by atoms with Gasteiger partial charge >= 0.3 is 0 Å². The molecule has 0 saturated heterocycles. The van der Waals surface area contributed by atoms with Crippen LogP contribution in [0.25, 0.3) is 16.6 Å². The van der Waals surface area contributed by atoms with Gasteiger partial charge < -0.3 is 14.8 Å². The van der Waals surface area contributed by atoms with E-state index in [0.717, 1.165) is 17.0 Å². The average molecular weight is 438 g/mol. The Morgan fingerprint density at radius 1 is 1.19 bits per heavy atom. The van der Waals surface area contributed by atoms with Crippen LogP contribution in [-0.4, -0.2) is 29.9 Å². The van der Waals surface area contributed by atoms with Crippen molar-refractivity contribution in [3.05, 3.63) is 59.1 Å². The van der Waals surface area contributed by atoms with Crippen LogP contribution >= 0.6 is 11.3 Å². The number of nitrogens with zero attached hydrogens (tertiary/aromatic N) is 2. The van der Waals surface area contributed by atoms with Crippen LogP contribution in [0.5, 0.6) is 11.5 Å². The van der Waals surface area contributed by atoms with Crippen molar-refractivity contribution in [1.29, 1.82) is 0 Å². The van der Waals surface area contributed by atoms with E-state index >= 15 is 0 Å². The lowest BCUT2D eigenvalue weighted by atomic mass is 10.2. The zero-order valence-corrected chi connectivity index (χ0v) is 18.7. The maximum absolute atomic E-state index is 12.4. The Hall–Kier alpha value is -3.06. The normalized spacial score (nSPS) is 14.3. The van der Waals surface area contributed by atoms with Crippen molar-refractivity contribution in [2.75, 3.05) is 14.2 Å².